The van der Waals surface area contributed by atoms with E-state index in [1.165, 1.54) is 17.7 Å². The van der Waals surface area contributed by atoms with Crippen molar-refractivity contribution in [2.45, 2.75) is 45.5 Å². The smallest absolute Gasteiger partial charge is 0.406 e. The van der Waals surface area contributed by atoms with Gasteiger partial charge in [0.05, 0.1) is 5.56 Å². The first-order chi connectivity index (χ1) is 16.5. The van der Waals surface area contributed by atoms with Gasteiger partial charge in [-0.3, -0.25) is 4.79 Å². The summed E-state index contributed by atoms with van der Waals surface area (Å²) in [5, 5.41) is 3.06. The molecule has 0 spiro atoms. The van der Waals surface area contributed by atoms with E-state index in [1.54, 1.807) is 30.1 Å². The second-order valence-corrected chi connectivity index (χ2v) is 9.41. The quantitative estimate of drug-likeness (QED) is 0.382. The third-order valence-corrected chi connectivity index (χ3v) is 5.73. The Morgan fingerprint density at radius 2 is 1.49 bits per heavy atom. The molecule has 1 amide bonds. The summed E-state index contributed by atoms with van der Waals surface area (Å²) < 4.78 is 41.2. The largest absolute Gasteiger partial charge is 0.573 e. The van der Waals surface area contributed by atoms with Crippen LogP contribution in [0.3, 0.4) is 0 Å². The van der Waals surface area contributed by atoms with Gasteiger partial charge in [-0.15, -0.1) is 13.2 Å². The molecule has 35 heavy (non-hydrogen) atoms. The van der Waals surface area contributed by atoms with Gasteiger partial charge in [-0.05, 0) is 52.8 Å². The van der Waals surface area contributed by atoms with Crippen LogP contribution in [0.15, 0.2) is 72.8 Å². The Kier molecular flexibility index (Phi) is 8.10. The summed E-state index contributed by atoms with van der Waals surface area (Å²) in [5.41, 5.74) is 4.35. The lowest BCUT2D eigenvalue weighted by atomic mass is 9.87. The minimum Gasteiger partial charge on any atom is -0.406 e. The normalized spacial score (nSPS) is 11.7. The van der Waals surface area contributed by atoms with Gasteiger partial charge in [0.1, 0.15) is 5.75 Å². The summed E-state index contributed by atoms with van der Waals surface area (Å²) in [5.74, 6) is -0.386. The Balaban J connectivity index is 1.80. The zero-order valence-corrected chi connectivity index (χ0v) is 20.4. The molecule has 0 bridgehead atoms. The number of carbonyl (C=O) groups excluding carboxylic acids is 1. The Bertz CT molecular complexity index is 1120. The van der Waals surface area contributed by atoms with Crippen LogP contribution in [0.2, 0.25) is 0 Å². The summed E-state index contributed by atoms with van der Waals surface area (Å²) in [4.78, 5) is 15.3. The number of rotatable bonds is 8. The summed E-state index contributed by atoms with van der Waals surface area (Å²) in [6.07, 6.45) is -4.24. The van der Waals surface area contributed by atoms with Gasteiger partial charge in [-0.2, -0.15) is 0 Å². The molecule has 1 N–H and O–H groups in total. The molecule has 0 aliphatic heterocycles. The molecular formula is C28H31F3N2O2. The number of para-hydroxylation sites is 1. The number of halogens is 3. The maximum Gasteiger partial charge on any atom is 0.573 e. The summed E-state index contributed by atoms with van der Waals surface area (Å²) in [7, 11) is 1.77. The Morgan fingerprint density at radius 1 is 0.886 bits per heavy atom. The maximum atomic E-state index is 13.5. The number of carbonyl (C=O) groups is 1. The highest BCUT2D eigenvalue weighted by Gasteiger charge is 2.31. The predicted molar refractivity (Wildman–Crippen MR) is 133 cm³/mol. The SMILES string of the molecule is CNc1ccccc1C(=O)N(CCc1ccc(OC(F)(F)F)cc1)Cc1ccc(C(C)(C)C)cc1. The zero-order valence-electron chi connectivity index (χ0n) is 20.4. The van der Waals surface area contributed by atoms with Gasteiger partial charge in [0.2, 0.25) is 0 Å². The highest BCUT2D eigenvalue weighted by molar-refractivity contribution is 5.99. The lowest BCUT2D eigenvalue weighted by Gasteiger charge is -2.25. The molecule has 3 aromatic rings. The number of nitrogens with zero attached hydrogens (tertiary/aromatic N) is 1. The molecule has 3 aromatic carbocycles. The van der Waals surface area contributed by atoms with E-state index in [-0.39, 0.29) is 17.1 Å². The van der Waals surface area contributed by atoms with E-state index in [2.05, 4.69) is 43.0 Å². The molecule has 3 rings (SSSR count). The lowest BCUT2D eigenvalue weighted by Crippen LogP contribution is -2.33. The van der Waals surface area contributed by atoms with E-state index in [4.69, 9.17) is 0 Å². The van der Waals surface area contributed by atoms with E-state index >= 15 is 0 Å². The standard InChI is InChI=1S/C28H31F3N2O2/c1-27(2,3)22-13-9-21(10-14-22)19-33(26(34)24-7-5-6-8-25(24)32-4)18-17-20-11-15-23(16-12-20)35-28(29,30)31/h5-16,32H,17-19H2,1-4H3. The average Bonchev–Trinajstić information content (AvgIpc) is 2.81. The van der Waals surface area contributed by atoms with Crippen LogP contribution >= 0.6 is 0 Å². The maximum absolute atomic E-state index is 13.5. The van der Waals surface area contributed by atoms with Gasteiger partial charge >= 0.3 is 6.36 Å². The monoisotopic (exact) mass is 484 g/mol. The van der Waals surface area contributed by atoms with Crippen molar-refractivity contribution < 1.29 is 22.7 Å². The molecule has 0 saturated heterocycles. The van der Waals surface area contributed by atoms with E-state index < -0.39 is 6.36 Å². The first kappa shape index (κ1) is 26.1. The van der Waals surface area contributed by atoms with E-state index in [9.17, 15) is 18.0 Å². The van der Waals surface area contributed by atoms with Crippen LogP contribution in [0, 0.1) is 0 Å². The summed E-state index contributed by atoms with van der Waals surface area (Å²) >= 11 is 0. The van der Waals surface area contributed by atoms with Crippen molar-refractivity contribution in [2.24, 2.45) is 0 Å². The van der Waals surface area contributed by atoms with E-state index in [0.29, 0.717) is 25.1 Å². The average molecular weight is 485 g/mol. The zero-order chi connectivity index (χ0) is 25.6. The molecule has 0 saturated carbocycles. The topological polar surface area (TPSA) is 41.6 Å². The molecule has 0 radical (unpaired) electrons. The molecule has 186 valence electrons. The van der Waals surface area contributed by atoms with E-state index in [0.717, 1.165) is 16.8 Å². The third kappa shape index (κ3) is 7.50. The van der Waals surface area contributed by atoms with Gasteiger partial charge in [-0.25, -0.2) is 0 Å². The van der Waals surface area contributed by atoms with Crippen LogP contribution < -0.4 is 10.1 Å². The van der Waals surface area contributed by atoms with Crippen molar-refractivity contribution in [3.8, 4) is 5.75 Å². The highest BCUT2D eigenvalue weighted by atomic mass is 19.4. The second-order valence-electron chi connectivity index (χ2n) is 9.41. The van der Waals surface area contributed by atoms with E-state index in [1.807, 2.05) is 30.3 Å². The number of amides is 1. The van der Waals surface area contributed by atoms with Crippen LogP contribution in [0.5, 0.6) is 5.75 Å². The predicted octanol–water partition coefficient (Wildman–Crippen LogP) is 6.81. The van der Waals surface area contributed by atoms with Crippen LogP contribution in [-0.4, -0.2) is 30.8 Å². The van der Waals surface area contributed by atoms with Gasteiger partial charge in [0.15, 0.2) is 0 Å². The summed E-state index contributed by atoms with van der Waals surface area (Å²) in [6.45, 7) is 7.26. The van der Waals surface area contributed by atoms with Crippen molar-refractivity contribution in [3.05, 3.63) is 95.1 Å². The summed E-state index contributed by atoms with van der Waals surface area (Å²) in [6, 6.07) is 21.3. The molecule has 7 heteroatoms. The van der Waals surface area contributed by atoms with Crippen molar-refractivity contribution in [1.82, 2.24) is 4.90 Å². The molecule has 0 aliphatic carbocycles. The van der Waals surface area contributed by atoms with Crippen LogP contribution in [-0.2, 0) is 18.4 Å². The van der Waals surface area contributed by atoms with Crippen LogP contribution in [0.1, 0.15) is 47.8 Å². The fourth-order valence-corrected chi connectivity index (χ4v) is 3.76. The lowest BCUT2D eigenvalue weighted by molar-refractivity contribution is -0.274. The third-order valence-electron chi connectivity index (χ3n) is 5.73. The number of ether oxygens (including phenoxy) is 1. The Morgan fingerprint density at radius 3 is 2.06 bits per heavy atom. The van der Waals surface area contributed by atoms with Gasteiger partial charge in [0, 0.05) is 25.8 Å². The molecule has 4 nitrogen and oxygen atoms in total. The number of alkyl halides is 3. The van der Waals surface area contributed by atoms with Gasteiger partial charge < -0.3 is 15.0 Å². The first-order valence-electron chi connectivity index (χ1n) is 11.5. The van der Waals surface area contributed by atoms with Crippen molar-refractivity contribution in [3.63, 3.8) is 0 Å². The van der Waals surface area contributed by atoms with Crippen molar-refractivity contribution in [2.75, 3.05) is 18.9 Å². The van der Waals surface area contributed by atoms with Crippen molar-refractivity contribution >= 4 is 11.6 Å². The number of nitrogens with one attached hydrogen (secondary N) is 1. The second kappa shape index (κ2) is 10.8. The Hall–Kier alpha value is -3.48. The molecule has 0 atom stereocenters. The molecule has 0 aliphatic rings. The van der Waals surface area contributed by atoms with Gasteiger partial charge in [-0.1, -0.05) is 69.3 Å². The number of hydrogen-bond donors (Lipinski definition) is 1. The van der Waals surface area contributed by atoms with Crippen LogP contribution in [0.4, 0.5) is 18.9 Å². The Labute approximate surface area is 204 Å². The van der Waals surface area contributed by atoms with Crippen LogP contribution in [0.25, 0.3) is 0 Å². The highest BCUT2D eigenvalue weighted by Crippen LogP contribution is 2.25. The molecule has 0 unspecified atom stereocenters. The number of anilines is 1. The van der Waals surface area contributed by atoms with Gasteiger partial charge in [0.25, 0.3) is 5.91 Å². The fourth-order valence-electron chi connectivity index (χ4n) is 3.76. The molecular weight excluding hydrogens is 453 g/mol. The van der Waals surface area contributed by atoms with Crippen molar-refractivity contribution in [1.29, 1.82) is 0 Å². The molecule has 0 aromatic heterocycles. The fraction of sp³-hybridized carbons (Fsp3) is 0.321. The minimum atomic E-state index is -4.73. The molecule has 0 heterocycles. The molecule has 0 fully saturated rings. The minimum absolute atomic E-state index is 0.0295. The number of benzene rings is 3. The number of hydrogen-bond acceptors (Lipinski definition) is 3. The first-order valence-corrected chi connectivity index (χ1v) is 11.5.